The van der Waals surface area contributed by atoms with Crippen molar-refractivity contribution >= 4 is 23.4 Å². The minimum absolute atomic E-state index is 0.0385. The lowest BCUT2D eigenvalue weighted by Crippen LogP contribution is -2.46. The third-order valence-corrected chi connectivity index (χ3v) is 4.25. The number of hydrogen-bond acceptors (Lipinski definition) is 4. The maximum Gasteiger partial charge on any atom is 0.433 e. The number of halogens is 1. The van der Waals surface area contributed by atoms with Gasteiger partial charge < -0.3 is 9.32 Å². The molecule has 7 heteroatoms. The third kappa shape index (κ3) is 2.10. The van der Waals surface area contributed by atoms with Gasteiger partial charge in [0.25, 0.3) is 5.91 Å². The zero-order valence-corrected chi connectivity index (χ0v) is 10.9. The van der Waals surface area contributed by atoms with Gasteiger partial charge in [-0.3, -0.25) is 14.9 Å². The molecule has 2 aliphatic heterocycles. The van der Waals surface area contributed by atoms with Crippen LogP contribution in [0.15, 0.2) is 16.5 Å². The number of alkyl halides is 1. The molecule has 2 aliphatic rings. The summed E-state index contributed by atoms with van der Waals surface area (Å²) in [5.74, 6) is -0.622. The number of amides is 1. The summed E-state index contributed by atoms with van der Waals surface area (Å²) in [6.45, 7) is 0. The van der Waals surface area contributed by atoms with Gasteiger partial charge in [0.05, 0.1) is 6.07 Å². The fraction of sp³-hybridized carbons (Fsp3) is 0.583. The first-order chi connectivity index (χ1) is 9.06. The molecular formula is C12H13ClN2O4. The van der Waals surface area contributed by atoms with Crippen LogP contribution in [0.5, 0.6) is 0 Å². The van der Waals surface area contributed by atoms with E-state index in [2.05, 4.69) is 0 Å². The predicted molar refractivity (Wildman–Crippen MR) is 67.2 cm³/mol. The van der Waals surface area contributed by atoms with Crippen LogP contribution in [-0.4, -0.2) is 33.2 Å². The van der Waals surface area contributed by atoms with E-state index in [-0.39, 0.29) is 29.1 Å². The Balaban J connectivity index is 1.82. The number of nitrogens with zero attached hydrogens (tertiary/aromatic N) is 2. The van der Waals surface area contributed by atoms with Crippen molar-refractivity contribution in [2.24, 2.45) is 0 Å². The Morgan fingerprint density at radius 1 is 1.37 bits per heavy atom. The lowest BCUT2D eigenvalue weighted by Gasteiger charge is -2.36. The van der Waals surface area contributed by atoms with E-state index in [0.29, 0.717) is 0 Å². The van der Waals surface area contributed by atoms with Crippen LogP contribution in [0.3, 0.4) is 0 Å². The molecule has 1 amide bonds. The number of hydrogen-bond donors (Lipinski definition) is 0. The summed E-state index contributed by atoms with van der Waals surface area (Å²) >= 11 is 6.16. The lowest BCUT2D eigenvalue weighted by atomic mass is 10.0. The monoisotopic (exact) mass is 284 g/mol. The van der Waals surface area contributed by atoms with E-state index in [0.717, 1.165) is 25.7 Å². The van der Waals surface area contributed by atoms with E-state index < -0.39 is 10.8 Å². The van der Waals surface area contributed by atoms with Gasteiger partial charge in [0.1, 0.15) is 4.92 Å². The number of furan rings is 1. The zero-order valence-electron chi connectivity index (χ0n) is 10.1. The van der Waals surface area contributed by atoms with E-state index >= 15 is 0 Å². The molecule has 0 saturated carbocycles. The van der Waals surface area contributed by atoms with Crippen LogP contribution in [0.25, 0.3) is 0 Å². The second-order valence-corrected chi connectivity index (χ2v) is 5.68. The van der Waals surface area contributed by atoms with Crippen molar-refractivity contribution in [3.63, 3.8) is 0 Å². The number of fused-ring (bicyclic) bond motifs is 2. The van der Waals surface area contributed by atoms with Gasteiger partial charge in [-0.05, 0) is 31.7 Å². The highest BCUT2D eigenvalue weighted by Crippen LogP contribution is 2.38. The third-order valence-electron chi connectivity index (χ3n) is 3.89. The number of piperidine rings is 1. The fourth-order valence-corrected chi connectivity index (χ4v) is 3.52. The molecule has 0 N–H and O–H groups in total. The largest absolute Gasteiger partial charge is 0.433 e. The Kier molecular flexibility index (Phi) is 2.97. The summed E-state index contributed by atoms with van der Waals surface area (Å²) in [6, 6.07) is 2.85. The molecule has 3 heterocycles. The van der Waals surface area contributed by atoms with Crippen molar-refractivity contribution in [2.45, 2.75) is 43.1 Å². The summed E-state index contributed by atoms with van der Waals surface area (Å²) in [6.07, 6.45) is 3.46. The Bertz CT molecular complexity index is 516. The molecule has 0 radical (unpaired) electrons. The first-order valence-corrected chi connectivity index (χ1v) is 6.71. The van der Waals surface area contributed by atoms with Gasteiger partial charge in [0.2, 0.25) is 0 Å². The van der Waals surface area contributed by atoms with Gasteiger partial charge in [-0.1, -0.05) is 0 Å². The minimum atomic E-state index is -0.642. The van der Waals surface area contributed by atoms with Gasteiger partial charge in [-0.25, -0.2) is 0 Å². The molecule has 0 spiro atoms. The highest BCUT2D eigenvalue weighted by atomic mass is 35.5. The Labute approximate surface area is 114 Å². The van der Waals surface area contributed by atoms with Crippen LogP contribution in [0.1, 0.15) is 36.2 Å². The Morgan fingerprint density at radius 3 is 2.53 bits per heavy atom. The highest BCUT2D eigenvalue weighted by Gasteiger charge is 2.43. The first-order valence-electron chi connectivity index (χ1n) is 6.27. The summed E-state index contributed by atoms with van der Waals surface area (Å²) in [5, 5.41) is 10.7. The van der Waals surface area contributed by atoms with Crippen molar-refractivity contribution in [1.82, 2.24) is 4.90 Å². The van der Waals surface area contributed by atoms with Crippen LogP contribution in [0.4, 0.5) is 5.88 Å². The average Bonchev–Trinajstić information content (AvgIpc) is 2.93. The van der Waals surface area contributed by atoms with Crippen molar-refractivity contribution in [2.75, 3.05) is 0 Å². The molecule has 2 unspecified atom stereocenters. The van der Waals surface area contributed by atoms with Gasteiger partial charge >= 0.3 is 5.88 Å². The number of carbonyl (C=O) groups is 1. The predicted octanol–water partition coefficient (Wildman–Crippen LogP) is 2.56. The van der Waals surface area contributed by atoms with Gasteiger partial charge in [0.15, 0.2) is 5.76 Å². The molecule has 2 bridgehead atoms. The standard InChI is InChI=1S/C12H13ClN2O4/c13-7-5-8-1-2-9(6-7)14(8)12(16)10-3-4-11(19-10)15(17)18/h3-4,7-9H,1-2,5-6H2. The topological polar surface area (TPSA) is 76.6 Å². The van der Waals surface area contributed by atoms with Crippen molar-refractivity contribution < 1.29 is 14.1 Å². The van der Waals surface area contributed by atoms with Gasteiger partial charge in [-0.2, -0.15) is 0 Å². The number of carbonyl (C=O) groups excluding carboxylic acids is 1. The molecular weight excluding hydrogens is 272 g/mol. The summed E-state index contributed by atoms with van der Waals surface area (Å²) in [5.41, 5.74) is 0. The van der Waals surface area contributed by atoms with Crippen LogP contribution in [0.2, 0.25) is 0 Å². The molecule has 0 aliphatic carbocycles. The van der Waals surface area contributed by atoms with E-state index in [9.17, 15) is 14.9 Å². The van der Waals surface area contributed by atoms with Crippen LogP contribution >= 0.6 is 11.6 Å². The van der Waals surface area contributed by atoms with Crippen LogP contribution < -0.4 is 0 Å². The Hall–Kier alpha value is -1.56. The van der Waals surface area contributed by atoms with Crippen molar-refractivity contribution in [3.8, 4) is 0 Å². The maximum absolute atomic E-state index is 12.4. The average molecular weight is 285 g/mol. The van der Waals surface area contributed by atoms with Crippen LogP contribution in [-0.2, 0) is 0 Å². The number of nitro groups is 1. The fourth-order valence-electron chi connectivity index (χ4n) is 3.11. The van der Waals surface area contributed by atoms with Crippen molar-refractivity contribution in [1.29, 1.82) is 0 Å². The minimum Gasteiger partial charge on any atom is -0.395 e. The second-order valence-electron chi connectivity index (χ2n) is 5.06. The molecule has 1 aromatic heterocycles. The number of rotatable bonds is 2. The van der Waals surface area contributed by atoms with Gasteiger partial charge in [0, 0.05) is 17.5 Å². The van der Waals surface area contributed by atoms with Crippen molar-refractivity contribution in [3.05, 3.63) is 28.0 Å². The lowest BCUT2D eigenvalue weighted by molar-refractivity contribution is -0.402. The molecule has 2 saturated heterocycles. The van der Waals surface area contributed by atoms with E-state index in [4.69, 9.17) is 16.0 Å². The van der Waals surface area contributed by atoms with Gasteiger partial charge in [-0.15, -0.1) is 11.6 Å². The van der Waals surface area contributed by atoms with E-state index in [1.807, 2.05) is 0 Å². The quantitative estimate of drug-likeness (QED) is 0.475. The molecule has 0 aromatic carbocycles. The molecule has 6 nitrogen and oxygen atoms in total. The van der Waals surface area contributed by atoms with E-state index in [1.54, 1.807) is 4.90 Å². The molecule has 19 heavy (non-hydrogen) atoms. The smallest absolute Gasteiger partial charge is 0.395 e. The zero-order chi connectivity index (χ0) is 13.6. The molecule has 2 atom stereocenters. The molecule has 2 fully saturated rings. The van der Waals surface area contributed by atoms with E-state index in [1.165, 1.54) is 12.1 Å². The summed E-state index contributed by atoms with van der Waals surface area (Å²) < 4.78 is 4.99. The molecule has 1 aromatic rings. The Morgan fingerprint density at radius 2 is 2.00 bits per heavy atom. The summed E-state index contributed by atoms with van der Waals surface area (Å²) in [7, 11) is 0. The summed E-state index contributed by atoms with van der Waals surface area (Å²) in [4.78, 5) is 24.1. The molecule has 102 valence electrons. The SMILES string of the molecule is O=C(c1ccc([N+](=O)[O-])o1)N1C2CCC1CC(Cl)C2. The first kappa shape index (κ1) is 12.5. The highest BCUT2D eigenvalue weighted by molar-refractivity contribution is 6.20. The second kappa shape index (κ2) is 4.52. The normalized spacial score (nSPS) is 29.5. The van der Waals surface area contributed by atoms with Crippen LogP contribution in [0, 0.1) is 10.1 Å². The maximum atomic E-state index is 12.4. The molecule has 3 rings (SSSR count).